The van der Waals surface area contributed by atoms with Crippen LogP contribution in [0.15, 0.2) is 0 Å². The molecule has 1 aliphatic rings. The molecule has 0 radical (unpaired) electrons. The van der Waals surface area contributed by atoms with E-state index >= 15 is 0 Å². The lowest BCUT2D eigenvalue weighted by atomic mass is 9.92. The van der Waals surface area contributed by atoms with E-state index in [-0.39, 0.29) is 5.04 Å². The van der Waals surface area contributed by atoms with Crippen LogP contribution in [0.2, 0.25) is 18.1 Å². The zero-order valence-electron chi connectivity index (χ0n) is 16.2. The summed E-state index contributed by atoms with van der Waals surface area (Å²) >= 11 is 7.90. The molecule has 0 saturated carbocycles. The minimum atomic E-state index is -2.12. The SMILES string of the molecule is CCSC(=S)SC1C(C(C)O[Si](C)(C)C(C)(C)C)C(=O)N1C(=O)C(=O)O. The number of imide groups is 1. The Morgan fingerprint density at radius 2 is 1.92 bits per heavy atom. The number of likely N-dealkylation sites (tertiary alicyclic amines) is 1. The molecule has 26 heavy (non-hydrogen) atoms. The van der Waals surface area contributed by atoms with Crippen LogP contribution in [0, 0.1) is 5.92 Å². The minimum absolute atomic E-state index is 0.0272. The number of amides is 2. The third-order valence-corrected chi connectivity index (χ3v) is 12.1. The molecule has 0 aromatic heterocycles. The quantitative estimate of drug-likeness (QED) is 0.302. The fourth-order valence-corrected chi connectivity index (χ4v) is 6.55. The van der Waals surface area contributed by atoms with Gasteiger partial charge in [-0.2, -0.15) is 0 Å². The Hall–Kier alpha value is -0.423. The third kappa shape index (κ3) is 5.09. The van der Waals surface area contributed by atoms with Crippen LogP contribution in [0.5, 0.6) is 0 Å². The average molecular weight is 438 g/mol. The van der Waals surface area contributed by atoms with Crippen molar-refractivity contribution >= 4 is 65.4 Å². The molecular weight excluding hydrogens is 410 g/mol. The highest BCUT2D eigenvalue weighted by molar-refractivity contribution is 8.47. The van der Waals surface area contributed by atoms with Gasteiger partial charge < -0.3 is 9.53 Å². The van der Waals surface area contributed by atoms with Gasteiger partial charge in [0.15, 0.2) is 8.32 Å². The van der Waals surface area contributed by atoms with Gasteiger partial charge in [0.25, 0.3) is 0 Å². The van der Waals surface area contributed by atoms with E-state index in [0.29, 0.717) is 3.53 Å². The molecular formula is C16H27NO5S3Si. The summed E-state index contributed by atoms with van der Waals surface area (Å²) in [4.78, 5) is 36.3. The van der Waals surface area contributed by atoms with Crippen LogP contribution >= 0.6 is 35.7 Å². The fourth-order valence-electron chi connectivity index (χ4n) is 2.33. The van der Waals surface area contributed by atoms with E-state index in [1.807, 2.05) is 13.8 Å². The average Bonchev–Trinajstić information content (AvgIpc) is 2.44. The molecule has 0 bridgehead atoms. The molecule has 148 valence electrons. The molecule has 1 heterocycles. The highest BCUT2D eigenvalue weighted by Crippen LogP contribution is 2.44. The number of aliphatic carboxylic acids is 1. The second-order valence-electron chi connectivity index (χ2n) is 7.62. The molecule has 1 saturated heterocycles. The number of carbonyl (C=O) groups excluding carboxylic acids is 2. The number of hydrogen-bond acceptors (Lipinski definition) is 7. The Bertz CT molecular complexity index is 605. The first-order valence-electron chi connectivity index (χ1n) is 8.36. The molecule has 3 atom stereocenters. The molecule has 10 heteroatoms. The smallest absolute Gasteiger partial charge is 0.395 e. The molecule has 1 rings (SSSR count). The van der Waals surface area contributed by atoms with Crippen molar-refractivity contribution in [3.63, 3.8) is 0 Å². The van der Waals surface area contributed by atoms with E-state index in [9.17, 15) is 14.4 Å². The predicted molar refractivity (Wildman–Crippen MR) is 113 cm³/mol. The lowest BCUT2D eigenvalue weighted by Gasteiger charge is -2.49. The van der Waals surface area contributed by atoms with Crippen LogP contribution in [0.4, 0.5) is 0 Å². The summed E-state index contributed by atoms with van der Waals surface area (Å²) in [5, 5.41) is 8.32. The van der Waals surface area contributed by atoms with Crippen molar-refractivity contribution in [3.8, 4) is 0 Å². The van der Waals surface area contributed by atoms with Crippen molar-refractivity contribution < 1.29 is 23.9 Å². The van der Waals surface area contributed by atoms with Crippen LogP contribution < -0.4 is 0 Å². The van der Waals surface area contributed by atoms with Crippen molar-refractivity contribution in [1.29, 1.82) is 0 Å². The first kappa shape index (κ1) is 23.6. The molecule has 6 nitrogen and oxygen atoms in total. The summed E-state index contributed by atoms with van der Waals surface area (Å²) in [6.45, 7) is 14.3. The summed E-state index contributed by atoms with van der Waals surface area (Å²) < 4.78 is 6.89. The van der Waals surface area contributed by atoms with E-state index in [1.54, 1.807) is 0 Å². The van der Waals surface area contributed by atoms with E-state index in [0.717, 1.165) is 10.7 Å². The second-order valence-corrected chi connectivity index (χ2v) is 16.0. The molecule has 0 spiro atoms. The van der Waals surface area contributed by atoms with E-state index < -0.39 is 43.5 Å². The maximum atomic E-state index is 12.5. The summed E-state index contributed by atoms with van der Waals surface area (Å²) in [6, 6.07) is 0. The van der Waals surface area contributed by atoms with Crippen LogP contribution in [0.25, 0.3) is 0 Å². The first-order valence-corrected chi connectivity index (χ1v) is 13.5. The molecule has 3 unspecified atom stereocenters. The first-order chi connectivity index (χ1) is 11.7. The molecule has 2 amide bonds. The molecule has 0 aromatic rings. The molecule has 1 fully saturated rings. The van der Waals surface area contributed by atoms with Crippen molar-refractivity contribution in [2.24, 2.45) is 5.92 Å². The van der Waals surface area contributed by atoms with Crippen molar-refractivity contribution in [1.82, 2.24) is 4.90 Å². The zero-order valence-corrected chi connectivity index (χ0v) is 19.6. The number of thioether (sulfide) groups is 2. The van der Waals surface area contributed by atoms with E-state index in [1.165, 1.54) is 23.5 Å². The second kappa shape index (κ2) is 8.72. The lowest BCUT2D eigenvalue weighted by Crippen LogP contribution is -2.67. The van der Waals surface area contributed by atoms with Crippen LogP contribution in [-0.4, -0.2) is 56.9 Å². The molecule has 1 N–H and O–H groups in total. The number of carboxylic acid groups (broad SMARTS) is 1. The van der Waals surface area contributed by atoms with Gasteiger partial charge >= 0.3 is 11.9 Å². The van der Waals surface area contributed by atoms with Crippen molar-refractivity contribution in [3.05, 3.63) is 0 Å². The molecule has 0 aromatic carbocycles. The molecule has 1 aliphatic heterocycles. The highest BCUT2D eigenvalue weighted by Gasteiger charge is 2.56. The number of β-lactam (4-membered cyclic amide) rings is 1. The fraction of sp³-hybridized carbons (Fsp3) is 0.750. The number of carboxylic acids is 1. The topological polar surface area (TPSA) is 83.9 Å². The molecule has 0 aliphatic carbocycles. The number of hydrogen-bond donors (Lipinski definition) is 1. The number of thiocarbonyl (C=S) groups is 1. The van der Waals surface area contributed by atoms with Gasteiger partial charge in [-0.25, -0.2) is 4.79 Å². The van der Waals surface area contributed by atoms with Gasteiger partial charge in [-0.3, -0.25) is 14.5 Å². The normalized spacial score (nSPS) is 22.0. The summed E-state index contributed by atoms with van der Waals surface area (Å²) in [5.41, 5.74) is 0. The van der Waals surface area contributed by atoms with Gasteiger partial charge in [0.1, 0.15) is 8.90 Å². The maximum absolute atomic E-state index is 12.5. The van der Waals surface area contributed by atoms with Gasteiger partial charge in [0.2, 0.25) is 5.91 Å². The summed E-state index contributed by atoms with van der Waals surface area (Å²) in [7, 11) is -2.12. The Balaban J connectivity index is 3.03. The number of carbonyl (C=O) groups is 3. The van der Waals surface area contributed by atoms with Crippen LogP contribution in [0.3, 0.4) is 0 Å². The standard InChI is InChI=1S/C16H27NO5S3Si/c1-8-24-15(23)25-13-10(11(18)17(13)12(19)14(20)21)9(2)22-26(6,7)16(3,4)5/h9-10,13H,8H2,1-7H3,(H,20,21). The Kier molecular flexibility index (Phi) is 7.92. The van der Waals surface area contributed by atoms with Gasteiger partial charge in [0.05, 0.1) is 12.0 Å². The van der Waals surface area contributed by atoms with Crippen LogP contribution in [-0.2, 0) is 18.8 Å². The summed E-state index contributed by atoms with van der Waals surface area (Å²) in [5.74, 6) is -3.19. The third-order valence-electron chi connectivity index (χ3n) is 4.76. The largest absolute Gasteiger partial charge is 0.474 e. The summed E-state index contributed by atoms with van der Waals surface area (Å²) in [6.07, 6.45) is -0.423. The number of nitrogens with zero attached hydrogens (tertiary/aromatic N) is 1. The van der Waals surface area contributed by atoms with E-state index in [2.05, 4.69) is 33.9 Å². The van der Waals surface area contributed by atoms with Gasteiger partial charge in [-0.15, -0.1) is 11.8 Å². The monoisotopic (exact) mass is 437 g/mol. The Labute approximate surface area is 169 Å². The van der Waals surface area contributed by atoms with Crippen LogP contribution in [0.1, 0.15) is 34.6 Å². The van der Waals surface area contributed by atoms with E-state index in [4.69, 9.17) is 21.8 Å². The number of rotatable bonds is 5. The lowest BCUT2D eigenvalue weighted by molar-refractivity contribution is -0.172. The maximum Gasteiger partial charge on any atom is 0.395 e. The minimum Gasteiger partial charge on any atom is -0.474 e. The zero-order chi connectivity index (χ0) is 20.4. The van der Waals surface area contributed by atoms with Gasteiger partial charge in [-0.05, 0) is 30.8 Å². The van der Waals surface area contributed by atoms with Crippen molar-refractivity contribution in [2.75, 3.05) is 5.75 Å². The van der Waals surface area contributed by atoms with Gasteiger partial charge in [-0.1, -0.05) is 51.7 Å². The predicted octanol–water partition coefficient (Wildman–Crippen LogP) is 3.56. The Morgan fingerprint density at radius 1 is 1.38 bits per heavy atom. The van der Waals surface area contributed by atoms with Gasteiger partial charge in [0, 0.05) is 0 Å². The highest BCUT2D eigenvalue weighted by atomic mass is 32.2. The van der Waals surface area contributed by atoms with Crippen molar-refractivity contribution in [2.45, 2.75) is 64.2 Å². The Morgan fingerprint density at radius 3 is 2.35 bits per heavy atom.